The van der Waals surface area contributed by atoms with Gasteiger partial charge in [0.2, 0.25) is 0 Å². The zero-order valence-electron chi connectivity index (χ0n) is 13.2. The first kappa shape index (κ1) is 15.1. The van der Waals surface area contributed by atoms with E-state index < -0.39 is 0 Å². The van der Waals surface area contributed by atoms with Crippen molar-refractivity contribution in [2.24, 2.45) is 11.3 Å². The Morgan fingerprint density at radius 2 is 2.00 bits per heavy atom. The number of nitrogens with one attached hydrogen (secondary N) is 2. The zero-order valence-corrected chi connectivity index (χ0v) is 14.0. The summed E-state index contributed by atoms with van der Waals surface area (Å²) in [7, 11) is 0. The molecule has 3 fully saturated rings. The van der Waals surface area contributed by atoms with Crippen LogP contribution in [-0.4, -0.2) is 48.9 Å². The van der Waals surface area contributed by atoms with E-state index >= 15 is 0 Å². The molecule has 116 valence electrons. The second-order valence-corrected chi connectivity index (χ2v) is 9.00. The molecular weight excluding hydrogens is 266 g/mol. The van der Waals surface area contributed by atoms with Crippen molar-refractivity contribution in [1.29, 1.82) is 0 Å². The van der Waals surface area contributed by atoms with Crippen molar-refractivity contribution in [2.45, 2.75) is 57.2 Å². The Kier molecular flexibility index (Phi) is 4.96. The Bertz CT molecular complexity index is 299. The topological polar surface area (TPSA) is 27.3 Å². The van der Waals surface area contributed by atoms with Crippen molar-refractivity contribution in [3.63, 3.8) is 0 Å². The molecule has 2 saturated heterocycles. The first-order chi connectivity index (χ1) is 9.65. The van der Waals surface area contributed by atoms with Crippen molar-refractivity contribution < 1.29 is 0 Å². The summed E-state index contributed by atoms with van der Waals surface area (Å²) >= 11 is 1.92. The average molecular weight is 298 g/mol. The maximum atomic E-state index is 3.67. The van der Waals surface area contributed by atoms with E-state index in [1.807, 2.05) is 11.9 Å². The maximum Gasteiger partial charge on any atom is 0.0172 e. The third-order valence-corrected chi connectivity index (χ3v) is 6.25. The minimum atomic E-state index is 0.699. The van der Waals surface area contributed by atoms with Crippen LogP contribution in [-0.2, 0) is 0 Å². The summed E-state index contributed by atoms with van der Waals surface area (Å²) < 4.78 is 3.67. The molecule has 4 heteroatoms. The van der Waals surface area contributed by atoms with E-state index in [2.05, 4.69) is 28.8 Å². The Balaban J connectivity index is 1.34. The van der Waals surface area contributed by atoms with Gasteiger partial charge in [-0.05, 0) is 56.5 Å². The third kappa shape index (κ3) is 3.70. The molecule has 1 atom stereocenters. The van der Waals surface area contributed by atoms with Gasteiger partial charge in [-0.3, -0.25) is 4.72 Å². The summed E-state index contributed by atoms with van der Waals surface area (Å²) in [5.41, 5.74) is 0.701. The maximum absolute atomic E-state index is 3.67. The summed E-state index contributed by atoms with van der Waals surface area (Å²) in [6.45, 7) is 11.1. The van der Waals surface area contributed by atoms with Crippen molar-refractivity contribution in [3.05, 3.63) is 0 Å². The number of rotatable bonds is 5. The van der Waals surface area contributed by atoms with Crippen LogP contribution in [0.1, 0.15) is 46.0 Å². The number of hydrogen-bond donors (Lipinski definition) is 2. The minimum absolute atomic E-state index is 0.699. The van der Waals surface area contributed by atoms with Crippen LogP contribution in [0.25, 0.3) is 0 Å². The van der Waals surface area contributed by atoms with Crippen molar-refractivity contribution >= 4 is 11.9 Å². The Hall–Kier alpha value is 0.230. The third-order valence-electron chi connectivity index (χ3n) is 5.31. The van der Waals surface area contributed by atoms with Crippen LogP contribution in [0.5, 0.6) is 0 Å². The standard InChI is InChI=1S/C16H31N3S/c1-13(2)20-18-15-3-6-16(7-4-15)11-19(12-16)10-14-5-8-17-9-14/h13-15,17-18H,3-12H2,1-2H3. The normalized spacial score (nSPS) is 31.1. The molecule has 2 N–H and O–H groups in total. The molecule has 3 nitrogen and oxygen atoms in total. The van der Waals surface area contributed by atoms with Crippen LogP contribution in [0.4, 0.5) is 0 Å². The van der Waals surface area contributed by atoms with Gasteiger partial charge in [-0.25, -0.2) is 0 Å². The second kappa shape index (κ2) is 6.55. The summed E-state index contributed by atoms with van der Waals surface area (Å²) in [5, 5.41) is 4.19. The fourth-order valence-electron chi connectivity index (χ4n) is 4.16. The molecular formula is C16H31N3S. The van der Waals surface area contributed by atoms with E-state index in [0.717, 1.165) is 12.0 Å². The van der Waals surface area contributed by atoms with Gasteiger partial charge in [0, 0.05) is 30.9 Å². The lowest BCUT2D eigenvalue weighted by Crippen LogP contribution is -2.59. The fourth-order valence-corrected chi connectivity index (χ4v) is 4.86. The van der Waals surface area contributed by atoms with Gasteiger partial charge in [-0.2, -0.15) is 0 Å². The van der Waals surface area contributed by atoms with Gasteiger partial charge in [0.05, 0.1) is 0 Å². The van der Waals surface area contributed by atoms with E-state index in [-0.39, 0.29) is 0 Å². The first-order valence-corrected chi connectivity index (χ1v) is 9.37. The van der Waals surface area contributed by atoms with Crippen LogP contribution in [0.2, 0.25) is 0 Å². The lowest BCUT2D eigenvalue weighted by Gasteiger charge is -2.54. The highest BCUT2D eigenvalue weighted by Gasteiger charge is 2.45. The summed E-state index contributed by atoms with van der Waals surface area (Å²) in [6, 6.07) is 0.765. The predicted molar refractivity (Wildman–Crippen MR) is 88.0 cm³/mol. The van der Waals surface area contributed by atoms with Gasteiger partial charge in [0.25, 0.3) is 0 Å². The minimum Gasteiger partial charge on any atom is -0.316 e. The van der Waals surface area contributed by atoms with Gasteiger partial charge < -0.3 is 10.2 Å². The Morgan fingerprint density at radius 3 is 2.60 bits per heavy atom. The Morgan fingerprint density at radius 1 is 1.25 bits per heavy atom. The van der Waals surface area contributed by atoms with Crippen molar-refractivity contribution in [3.8, 4) is 0 Å². The van der Waals surface area contributed by atoms with Crippen LogP contribution < -0.4 is 10.0 Å². The number of hydrogen-bond acceptors (Lipinski definition) is 4. The Labute approximate surface area is 128 Å². The van der Waals surface area contributed by atoms with E-state index in [1.54, 1.807) is 0 Å². The molecule has 1 spiro atoms. The average Bonchev–Trinajstić information content (AvgIpc) is 2.89. The molecule has 0 radical (unpaired) electrons. The largest absolute Gasteiger partial charge is 0.316 e. The van der Waals surface area contributed by atoms with Crippen LogP contribution >= 0.6 is 11.9 Å². The summed E-state index contributed by atoms with van der Waals surface area (Å²) in [4.78, 5) is 2.72. The molecule has 0 bridgehead atoms. The molecule has 1 unspecified atom stereocenters. The number of likely N-dealkylation sites (tertiary alicyclic amines) is 1. The predicted octanol–water partition coefficient (Wildman–Crippen LogP) is 2.49. The lowest BCUT2D eigenvalue weighted by molar-refractivity contribution is -0.0386. The van der Waals surface area contributed by atoms with Crippen LogP contribution in [0.3, 0.4) is 0 Å². The van der Waals surface area contributed by atoms with Gasteiger partial charge in [0.1, 0.15) is 0 Å². The summed E-state index contributed by atoms with van der Waals surface area (Å²) in [6.07, 6.45) is 7.06. The quantitative estimate of drug-likeness (QED) is 0.763. The lowest BCUT2D eigenvalue weighted by atomic mass is 9.67. The highest BCUT2D eigenvalue weighted by molar-refractivity contribution is 7.98. The first-order valence-electron chi connectivity index (χ1n) is 8.49. The van der Waals surface area contributed by atoms with Crippen LogP contribution in [0.15, 0.2) is 0 Å². The van der Waals surface area contributed by atoms with Crippen LogP contribution in [0, 0.1) is 11.3 Å². The fraction of sp³-hybridized carbons (Fsp3) is 1.00. The second-order valence-electron chi connectivity index (χ2n) is 7.59. The molecule has 0 aromatic heterocycles. The zero-order chi connectivity index (χ0) is 14.0. The highest BCUT2D eigenvalue weighted by Crippen LogP contribution is 2.44. The molecule has 20 heavy (non-hydrogen) atoms. The highest BCUT2D eigenvalue weighted by atomic mass is 32.2. The van der Waals surface area contributed by atoms with Gasteiger partial charge in [0.15, 0.2) is 0 Å². The van der Waals surface area contributed by atoms with E-state index in [4.69, 9.17) is 0 Å². The molecule has 2 heterocycles. The molecule has 1 aliphatic carbocycles. The number of nitrogens with zero attached hydrogens (tertiary/aromatic N) is 1. The molecule has 0 aromatic rings. The van der Waals surface area contributed by atoms with Crippen molar-refractivity contribution in [2.75, 3.05) is 32.7 Å². The molecule has 2 aliphatic heterocycles. The van der Waals surface area contributed by atoms with E-state index in [1.165, 1.54) is 64.8 Å². The SMILES string of the molecule is CC(C)SNC1CCC2(CC1)CN(CC1CCNC1)C2. The smallest absolute Gasteiger partial charge is 0.0172 e. The van der Waals surface area contributed by atoms with Gasteiger partial charge in [-0.15, -0.1) is 0 Å². The van der Waals surface area contributed by atoms with E-state index in [0.29, 0.717) is 10.7 Å². The molecule has 0 aromatic carbocycles. The molecule has 0 amide bonds. The van der Waals surface area contributed by atoms with E-state index in [9.17, 15) is 0 Å². The van der Waals surface area contributed by atoms with Gasteiger partial charge in [-0.1, -0.05) is 25.8 Å². The monoisotopic (exact) mass is 297 g/mol. The van der Waals surface area contributed by atoms with Crippen molar-refractivity contribution in [1.82, 2.24) is 14.9 Å². The summed E-state index contributed by atoms with van der Waals surface area (Å²) in [5.74, 6) is 0.924. The molecule has 3 aliphatic rings. The molecule has 1 saturated carbocycles. The molecule has 3 rings (SSSR count). The van der Waals surface area contributed by atoms with Gasteiger partial charge >= 0.3 is 0 Å².